The first-order valence-corrected chi connectivity index (χ1v) is 8.27. The third-order valence-corrected chi connectivity index (χ3v) is 3.25. The Balaban J connectivity index is 1.89. The molecule has 0 aliphatic heterocycles. The lowest BCUT2D eigenvalue weighted by Crippen LogP contribution is -2.16. The number of hydrogen-bond acceptors (Lipinski definition) is 6. The molecule has 2 N–H and O–H groups in total. The zero-order chi connectivity index (χ0) is 17.4. The van der Waals surface area contributed by atoms with Crippen LogP contribution in [0.1, 0.15) is 20.3 Å². The fraction of sp³-hybridized carbons (Fsp3) is 0.444. The molecule has 1 aromatic heterocycles. The Morgan fingerprint density at radius 1 is 1.08 bits per heavy atom. The number of ether oxygens (including phenoxy) is 1. The van der Waals surface area contributed by atoms with Crippen molar-refractivity contribution in [1.82, 2.24) is 14.9 Å². The van der Waals surface area contributed by atoms with E-state index in [1.54, 1.807) is 6.33 Å². The van der Waals surface area contributed by atoms with E-state index in [2.05, 4.69) is 39.6 Å². The lowest BCUT2D eigenvalue weighted by atomic mass is 10.3. The molecule has 0 radical (unpaired) electrons. The van der Waals surface area contributed by atoms with Gasteiger partial charge in [-0.2, -0.15) is 0 Å². The van der Waals surface area contributed by atoms with Crippen LogP contribution in [0.4, 0.5) is 17.3 Å². The summed E-state index contributed by atoms with van der Waals surface area (Å²) in [5, 5.41) is 6.60. The maximum absolute atomic E-state index is 5.64. The van der Waals surface area contributed by atoms with Gasteiger partial charge in [-0.25, -0.2) is 9.97 Å². The molecule has 0 atom stereocenters. The number of hydrogen-bond donors (Lipinski definition) is 2. The van der Waals surface area contributed by atoms with Gasteiger partial charge in [0.2, 0.25) is 0 Å². The van der Waals surface area contributed by atoms with Gasteiger partial charge in [0.1, 0.15) is 23.7 Å². The topological polar surface area (TPSA) is 62.3 Å². The lowest BCUT2D eigenvalue weighted by molar-refractivity contribution is 0.242. The smallest absolute Gasteiger partial charge is 0.135 e. The molecule has 0 unspecified atom stereocenters. The number of aromatic nitrogens is 2. The van der Waals surface area contributed by atoms with Gasteiger partial charge in [0, 0.05) is 18.3 Å². The summed E-state index contributed by atoms with van der Waals surface area (Å²) in [5.74, 6) is 2.45. The van der Waals surface area contributed by atoms with Gasteiger partial charge < -0.3 is 20.3 Å². The lowest BCUT2D eigenvalue weighted by Gasteiger charge is -2.12. The van der Waals surface area contributed by atoms with E-state index >= 15 is 0 Å². The third-order valence-electron chi connectivity index (χ3n) is 3.25. The van der Waals surface area contributed by atoms with Gasteiger partial charge in [0.05, 0.1) is 6.10 Å². The van der Waals surface area contributed by atoms with E-state index in [1.165, 1.54) is 0 Å². The van der Waals surface area contributed by atoms with Crippen LogP contribution in [0.2, 0.25) is 0 Å². The minimum atomic E-state index is 0.173. The largest absolute Gasteiger partial charge is 0.491 e. The van der Waals surface area contributed by atoms with Crippen LogP contribution in [-0.2, 0) is 0 Å². The van der Waals surface area contributed by atoms with Gasteiger partial charge in [-0.3, -0.25) is 0 Å². The van der Waals surface area contributed by atoms with Crippen LogP contribution in [0.3, 0.4) is 0 Å². The minimum Gasteiger partial charge on any atom is -0.491 e. The summed E-state index contributed by atoms with van der Waals surface area (Å²) < 4.78 is 5.64. The SMILES string of the molecule is CC(C)Oc1ccc(Nc2cc(NCCCN(C)C)ncn2)cc1. The van der Waals surface area contributed by atoms with E-state index < -0.39 is 0 Å². The standard InChI is InChI=1S/C18H27N5O/c1-14(2)24-16-8-6-15(7-9-16)22-18-12-17(20-13-21-18)19-10-5-11-23(3)4/h6-9,12-14H,5,10-11H2,1-4H3,(H2,19,20,21,22). The number of nitrogens with zero attached hydrogens (tertiary/aromatic N) is 3. The minimum absolute atomic E-state index is 0.173. The van der Waals surface area contributed by atoms with Crippen LogP contribution in [-0.4, -0.2) is 48.2 Å². The molecule has 0 spiro atoms. The molecule has 6 heteroatoms. The molecule has 24 heavy (non-hydrogen) atoms. The normalized spacial score (nSPS) is 10.9. The van der Waals surface area contributed by atoms with Gasteiger partial charge in [0.15, 0.2) is 0 Å². The van der Waals surface area contributed by atoms with Crippen LogP contribution in [0.5, 0.6) is 5.75 Å². The first kappa shape index (κ1) is 18.0. The van der Waals surface area contributed by atoms with E-state index in [1.807, 2.05) is 44.2 Å². The average molecular weight is 329 g/mol. The summed E-state index contributed by atoms with van der Waals surface area (Å²) >= 11 is 0. The Bertz CT molecular complexity index is 613. The summed E-state index contributed by atoms with van der Waals surface area (Å²) in [7, 11) is 4.15. The van der Waals surface area contributed by atoms with Crippen molar-refractivity contribution >= 4 is 17.3 Å². The molecule has 2 rings (SSSR count). The fourth-order valence-corrected chi connectivity index (χ4v) is 2.17. The molecular formula is C18H27N5O. The molecule has 2 aromatic rings. The number of rotatable bonds is 9. The second kappa shape index (κ2) is 9.08. The summed E-state index contributed by atoms with van der Waals surface area (Å²) in [6.07, 6.45) is 2.80. The zero-order valence-electron chi connectivity index (χ0n) is 14.9. The average Bonchev–Trinajstić information content (AvgIpc) is 2.53. The highest BCUT2D eigenvalue weighted by molar-refractivity contribution is 5.59. The quantitative estimate of drug-likeness (QED) is 0.688. The van der Waals surface area contributed by atoms with Crippen molar-refractivity contribution < 1.29 is 4.74 Å². The maximum atomic E-state index is 5.64. The molecule has 0 bridgehead atoms. The molecule has 1 aromatic carbocycles. The van der Waals surface area contributed by atoms with Gasteiger partial charge in [-0.1, -0.05) is 0 Å². The van der Waals surface area contributed by atoms with Crippen molar-refractivity contribution in [3.8, 4) is 5.75 Å². The van der Waals surface area contributed by atoms with Crippen molar-refractivity contribution in [3.05, 3.63) is 36.7 Å². The summed E-state index contributed by atoms with van der Waals surface area (Å²) in [5.41, 5.74) is 0.961. The highest BCUT2D eigenvalue weighted by atomic mass is 16.5. The highest BCUT2D eigenvalue weighted by Crippen LogP contribution is 2.20. The van der Waals surface area contributed by atoms with Gasteiger partial charge >= 0.3 is 0 Å². The maximum Gasteiger partial charge on any atom is 0.135 e. The van der Waals surface area contributed by atoms with Crippen molar-refractivity contribution in [2.75, 3.05) is 37.8 Å². The van der Waals surface area contributed by atoms with E-state index in [9.17, 15) is 0 Å². The molecule has 0 saturated heterocycles. The molecular weight excluding hydrogens is 302 g/mol. The second-order valence-electron chi connectivity index (χ2n) is 6.19. The second-order valence-corrected chi connectivity index (χ2v) is 6.19. The Morgan fingerprint density at radius 3 is 2.46 bits per heavy atom. The van der Waals surface area contributed by atoms with Crippen LogP contribution < -0.4 is 15.4 Å². The Kier molecular flexibility index (Phi) is 6.81. The van der Waals surface area contributed by atoms with Crippen LogP contribution in [0.15, 0.2) is 36.7 Å². The molecule has 6 nitrogen and oxygen atoms in total. The first-order valence-electron chi connectivity index (χ1n) is 8.27. The number of anilines is 3. The highest BCUT2D eigenvalue weighted by Gasteiger charge is 2.01. The van der Waals surface area contributed by atoms with Crippen molar-refractivity contribution in [3.63, 3.8) is 0 Å². The van der Waals surface area contributed by atoms with Gasteiger partial charge in [-0.15, -0.1) is 0 Å². The van der Waals surface area contributed by atoms with Crippen molar-refractivity contribution in [2.45, 2.75) is 26.4 Å². The predicted octanol–water partition coefficient (Wildman–Crippen LogP) is 3.37. The summed E-state index contributed by atoms with van der Waals surface area (Å²) in [4.78, 5) is 10.7. The van der Waals surface area contributed by atoms with Crippen molar-refractivity contribution in [1.29, 1.82) is 0 Å². The molecule has 0 amide bonds. The van der Waals surface area contributed by atoms with Gasteiger partial charge in [-0.05, 0) is 65.2 Å². The first-order chi connectivity index (χ1) is 11.5. The Labute approximate surface area is 144 Å². The molecule has 1 heterocycles. The van der Waals surface area contributed by atoms with Crippen molar-refractivity contribution in [2.24, 2.45) is 0 Å². The van der Waals surface area contributed by atoms with Crippen LogP contribution >= 0.6 is 0 Å². The zero-order valence-corrected chi connectivity index (χ0v) is 14.9. The Morgan fingerprint density at radius 2 is 1.79 bits per heavy atom. The molecule has 0 saturated carbocycles. The van der Waals surface area contributed by atoms with Crippen LogP contribution in [0.25, 0.3) is 0 Å². The number of benzene rings is 1. The molecule has 130 valence electrons. The van der Waals surface area contributed by atoms with E-state index in [-0.39, 0.29) is 6.10 Å². The monoisotopic (exact) mass is 329 g/mol. The number of nitrogens with one attached hydrogen (secondary N) is 2. The van der Waals surface area contributed by atoms with E-state index in [0.717, 1.165) is 42.6 Å². The van der Waals surface area contributed by atoms with Crippen LogP contribution in [0, 0.1) is 0 Å². The fourth-order valence-electron chi connectivity index (χ4n) is 2.17. The summed E-state index contributed by atoms with van der Waals surface area (Å²) in [6.45, 7) is 5.96. The summed E-state index contributed by atoms with van der Waals surface area (Å²) in [6, 6.07) is 9.76. The predicted molar refractivity (Wildman–Crippen MR) is 99.2 cm³/mol. The van der Waals surface area contributed by atoms with Gasteiger partial charge in [0.25, 0.3) is 0 Å². The molecule has 0 aliphatic rings. The third kappa shape index (κ3) is 6.42. The molecule has 0 aliphatic carbocycles. The van der Waals surface area contributed by atoms with E-state index in [4.69, 9.17) is 4.74 Å². The van der Waals surface area contributed by atoms with E-state index in [0.29, 0.717) is 0 Å². The Hall–Kier alpha value is -2.34. The molecule has 0 fully saturated rings.